The molecule has 0 aliphatic carbocycles. The Hall–Kier alpha value is -1.23. The van der Waals surface area contributed by atoms with Crippen LogP contribution in [0.4, 0.5) is 4.39 Å². The zero-order valence-corrected chi connectivity index (χ0v) is 10.3. The normalized spacial score (nSPS) is 12.4. The molecule has 88 valence electrons. The molecule has 0 spiro atoms. The number of nitrogens with two attached hydrogens (primary N) is 1. The number of carbonyl (C=O) groups is 1. The van der Waals surface area contributed by atoms with E-state index in [-0.39, 0.29) is 16.4 Å². The monoisotopic (exact) mass is 269 g/mol. The van der Waals surface area contributed by atoms with Crippen molar-refractivity contribution in [2.45, 2.75) is 6.04 Å². The van der Waals surface area contributed by atoms with E-state index in [9.17, 15) is 9.18 Å². The Morgan fingerprint density at radius 2 is 2.18 bits per heavy atom. The van der Waals surface area contributed by atoms with Crippen molar-refractivity contribution in [2.24, 2.45) is 5.73 Å². The Labute approximate surface area is 107 Å². The van der Waals surface area contributed by atoms with E-state index >= 15 is 0 Å². The maximum atomic E-state index is 13.1. The summed E-state index contributed by atoms with van der Waals surface area (Å²) in [5, 5.41) is 2.04. The Balaban J connectivity index is 2.34. The van der Waals surface area contributed by atoms with Gasteiger partial charge in [0.2, 0.25) is 0 Å². The Morgan fingerprint density at radius 3 is 2.82 bits per heavy atom. The lowest BCUT2D eigenvalue weighted by atomic mass is 10.0. The standard InChI is InChI=1S/C12H9ClFNOS/c13-9-4-3-7(14)6-8(9)12(16)11(15)10-2-1-5-17-10/h1-6,11H,15H2. The summed E-state index contributed by atoms with van der Waals surface area (Å²) in [5.74, 6) is -0.881. The van der Waals surface area contributed by atoms with Crippen LogP contribution in [0.25, 0.3) is 0 Å². The molecular formula is C12H9ClFNOS. The highest BCUT2D eigenvalue weighted by Gasteiger charge is 2.21. The summed E-state index contributed by atoms with van der Waals surface area (Å²) in [6, 6.07) is 6.44. The molecule has 1 heterocycles. The quantitative estimate of drug-likeness (QED) is 0.868. The zero-order valence-electron chi connectivity index (χ0n) is 8.69. The minimum Gasteiger partial charge on any atom is -0.317 e. The van der Waals surface area contributed by atoms with Crippen LogP contribution in [0, 0.1) is 5.82 Å². The molecule has 2 aromatic rings. The van der Waals surface area contributed by atoms with E-state index in [1.54, 1.807) is 12.1 Å². The van der Waals surface area contributed by atoms with E-state index in [2.05, 4.69) is 0 Å². The van der Waals surface area contributed by atoms with Gasteiger partial charge < -0.3 is 5.73 Å². The van der Waals surface area contributed by atoms with Crippen molar-refractivity contribution >= 4 is 28.7 Å². The van der Waals surface area contributed by atoms with E-state index in [4.69, 9.17) is 17.3 Å². The van der Waals surface area contributed by atoms with Gasteiger partial charge in [0.25, 0.3) is 0 Å². The highest BCUT2D eigenvalue weighted by molar-refractivity contribution is 7.10. The average Bonchev–Trinajstić information content (AvgIpc) is 2.84. The second-order valence-corrected chi connectivity index (χ2v) is 4.87. The third-order valence-corrected chi connectivity index (χ3v) is 3.61. The van der Waals surface area contributed by atoms with Crippen molar-refractivity contribution in [1.82, 2.24) is 0 Å². The van der Waals surface area contributed by atoms with Crippen molar-refractivity contribution in [1.29, 1.82) is 0 Å². The molecule has 0 bridgehead atoms. The van der Waals surface area contributed by atoms with Crippen molar-refractivity contribution in [3.8, 4) is 0 Å². The smallest absolute Gasteiger partial charge is 0.186 e. The molecule has 0 saturated heterocycles. The van der Waals surface area contributed by atoms with Gasteiger partial charge in [0.1, 0.15) is 11.9 Å². The summed E-state index contributed by atoms with van der Waals surface area (Å²) in [6.07, 6.45) is 0. The first-order valence-electron chi connectivity index (χ1n) is 4.88. The van der Waals surface area contributed by atoms with Gasteiger partial charge >= 0.3 is 0 Å². The maximum Gasteiger partial charge on any atom is 0.186 e. The fourth-order valence-corrected chi connectivity index (χ4v) is 2.39. The predicted molar refractivity (Wildman–Crippen MR) is 67.0 cm³/mol. The number of benzene rings is 1. The largest absolute Gasteiger partial charge is 0.317 e. The summed E-state index contributed by atoms with van der Waals surface area (Å²) >= 11 is 7.24. The number of thiophene rings is 1. The minimum absolute atomic E-state index is 0.118. The first-order chi connectivity index (χ1) is 8.09. The van der Waals surface area contributed by atoms with E-state index in [1.807, 2.05) is 5.38 Å². The van der Waals surface area contributed by atoms with Gasteiger partial charge in [0.05, 0.1) is 5.02 Å². The Kier molecular flexibility index (Phi) is 3.57. The molecule has 1 atom stereocenters. The Bertz CT molecular complexity index is 541. The van der Waals surface area contributed by atoms with Gasteiger partial charge in [-0.1, -0.05) is 17.7 Å². The van der Waals surface area contributed by atoms with Crippen LogP contribution < -0.4 is 5.73 Å². The molecule has 2 nitrogen and oxygen atoms in total. The molecule has 5 heteroatoms. The molecule has 1 unspecified atom stereocenters. The Morgan fingerprint density at radius 1 is 1.41 bits per heavy atom. The second-order valence-electron chi connectivity index (χ2n) is 3.48. The first kappa shape index (κ1) is 12.2. The van der Waals surface area contributed by atoms with Gasteiger partial charge in [-0.25, -0.2) is 4.39 Å². The van der Waals surface area contributed by atoms with Crippen LogP contribution >= 0.6 is 22.9 Å². The number of carbonyl (C=O) groups excluding carboxylic acids is 1. The fraction of sp³-hybridized carbons (Fsp3) is 0.0833. The highest BCUT2D eigenvalue weighted by atomic mass is 35.5. The molecule has 2 N–H and O–H groups in total. The van der Waals surface area contributed by atoms with Crippen molar-refractivity contribution in [2.75, 3.05) is 0 Å². The number of hydrogen-bond donors (Lipinski definition) is 1. The van der Waals surface area contributed by atoms with Crippen LogP contribution in [-0.4, -0.2) is 5.78 Å². The third kappa shape index (κ3) is 2.54. The second kappa shape index (κ2) is 4.96. The zero-order chi connectivity index (χ0) is 12.4. The van der Waals surface area contributed by atoms with E-state index in [0.29, 0.717) is 0 Å². The molecular weight excluding hydrogens is 261 g/mol. The van der Waals surface area contributed by atoms with Gasteiger partial charge in [0, 0.05) is 10.4 Å². The molecule has 0 aliphatic heterocycles. The number of halogens is 2. The average molecular weight is 270 g/mol. The number of ketones is 1. The molecule has 0 aliphatic rings. The van der Waals surface area contributed by atoms with E-state index < -0.39 is 11.9 Å². The van der Waals surface area contributed by atoms with Gasteiger partial charge in [-0.3, -0.25) is 4.79 Å². The molecule has 0 saturated carbocycles. The SMILES string of the molecule is NC(C(=O)c1cc(F)ccc1Cl)c1cccs1. The fourth-order valence-electron chi connectivity index (χ4n) is 1.45. The van der Waals surface area contributed by atoms with Crippen LogP contribution in [0.15, 0.2) is 35.7 Å². The summed E-state index contributed by atoms with van der Waals surface area (Å²) in [7, 11) is 0. The van der Waals surface area contributed by atoms with Crippen LogP contribution in [0.2, 0.25) is 5.02 Å². The van der Waals surface area contributed by atoms with E-state index in [1.165, 1.54) is 23.5 Å². The summed E-state index contributed by atoms with van der Waals surface area (Å²) in [5.41, 5.74) is 5.93. The molecule has 17 heavy (non-hydrogen) atoms. The minimum atomic E-state index is -0.797. The lowest BCUT2D eigenvalue weighted by molar-refractivity contribution is 0.0962. The summed E-state index contributed by atoms with van der Waals surface area (Å²) in [6.45, 7) is 0. The maximum absolute atomic E-state index is 13.1. The first-order valence-corrected chi connectivity index (χ1v) is 6.13. The van der Waals surface area contributed by atoms with Gasteiger partial charge in [-0.05, 0) is 29.6 Å². The van der Waals surface area contributed by atoms with Crippen LogP contribution in [0.3, 0.4) is 0 Å². The van der Waals surface area contributed by atoms with Crippen molar-refractivity contribution in [3.05, 3.63) is 57.0 Å². The number of Topliss-reactive ketones (excluding diaryl/α,β-unsaturated/α-hetero) is 1. The topological polar surface area (TPSA) is 43.1 Å². The molecule has 0 radical (unpaired) electrons. The third-order valence-electron chi connectivity index (χ3n) is 2.33. The van der Waals surface area contributed by atoms with Crippen LogP contribution in [0.5, 0.6) is 0 Å². The summed E-state index contributed by atoms with van der Waals surface area (Å²) < 4.78 is 13.1. The van der Waals surface area contributed by atoms with Gasteiger partial charge in [-0.2, -0.15) is 0 Å². The van der Waals surface area contributed by atoms with Crippen molar-refractivity contribution < 1.29 is 9.18 Å². The van der Waals surface area contributed by atoms with Crippen LogP contribution in [0.1, 0.15) is 21.3 Å². The number of rotatable bonds is 3. The number of hydrogen-bond acceptors (Lipinski definition) is 3. The molecule has 1 aromatic carbocycles. The van der Waals surface area contributed by atoms with Crippen molar-refractivity contribution in [3.63, 3.8) is 0 Å². The summed E-state index contributed by atoms with van der Waals surface area (Å²) in [4.78, 5) is 12.8. The lowest BCUT2D eigenvalue weighted by Crippen LogP contribution is -2.21. The lowest BCUT2D eigenvalue weighted by Gasteiger charge is -2.09. The molecule has 2 rings (SSSR count). The highest BCUT2D eigenvalue weighted by Crippen LogP contribution is 2.25. The molecule has 0 amide bonds. The van der Waals surface area contributed by atoms with Gasteiger partial charge in [-0.15, -0.1) is 11.3 Å². The molecule has 1 aromatic heterocycles. The van der Waals surface area contributed by atoms with E-state index in [0.717, 1.165) is 10.9 Å². The predicted octanol–water partition coefficient (Wildman–Crippen LogP) is 3.42. The van der Waals surface area contributed by atoms with Gasteiger partial charge in [0.15, 0.2) is 5.78 Å². The van der Waals surface area contributed by atoms with Crippen LogP contribution in [-0.2, 0) is 0 Å². The molecule has 0 fully saturated rings.